The highest BCUT2D eigenvalue weighted by molar-refractivity contribution is 7.13. The molecule has 0 amide bonds. The van der Waals surface area contributed by atoms with Crippen LogP contribution in [-0.2, 0) is 6.54 Å². The van der Waals surface area contributed by atoms with Gasteiger partial charge in [0.15, 0.2) is 0 Å². The molecule has 0 aliphatic heterocycles. The number of hydrogen-bond acceptors (Lipinski definition) is 2. The monoisotopic (exact) mass is 291 g/mol. The highest BCUT2D eigenvalue weighted by atomic mass is 32.1. The van der Waals surface area contributed by atoms with E-state index in [-0.39, 0.29) is 5.82 Å². The van der Waals surface area contributed by atoms with Gasteiger partial charge >= 0.3 is 0 Å². The lowest BCUT2D eigenvalue weighted by atomic mass is 9.98. The Kier molecular flexibility index (Phi) is 5.32. The third-order valence-corrected chi connectivity index (χ3v) is 4.65. The van der Waals surface area contributed by atoms with Gasteiger partial charge in [-0.2, -0.15) is 0 Å². The fourth-order valence-corrected chi connectivity index (χ4v) is 2.73. The van der Waals surface area contributed by atoms with Gasteiger partial charge in [0.2, 0.25) is 0 Å². The zero-order valence-electron chi connectivity index (χ0n) is 12.3. The van der Waals surface area contributed by atoms with Crippen molar-refractivity contribution in [3.05, 3.63) is 47.1 Å². The fourth-order valence-electron chi connectivity index (χ4n) is 1.98. The van der Waals surface area contributed by atoms with Gasteiger partial charge in [-0.25, -0.2) is 4.39 Å². The average molecular weight is 291 g/mol. The lowest BCUT2D eigenvalue weighted by molar-refractivity contribution is 0.392. The number of benzene rings is 1. The van der Waals surface area contributed by atoms with Gasteiger partial charge in [-0.05, 0) is 47.5 Å². The van der Waals surface area contributed by atoms with Crippen molar-refractivity contribution >= 4 is 11.3 Å². The van der Waals surface area contributed by atoms with Gasteiger partial charge in [-0.15, -0.1) is 11.3 Å². The Labute approximate surface area is 124 Å². The first-order chi connectivity index (χ1) is 9.58. The van der Waals surface area contributed by atoms with Gasteiger partial charge in [0.05, 0.1) is 0 Å². The fraction of sp³-hybridized carbons (Fsp3) is 0.412. The number of rotatable bonds is 6. The summed E-state index contributed by atoms with van der Waals surface area (Å²) in [6.07, 6.45) is 0. The molecular formula is C17H22FNS. The van der Waals surface area contributed by atoms with Crippen molar-refractivity contribution in [2.75, 3.05) is 6.54 Å². The van der Waals surface area contributed by atoms with Crippen molar-refractivity contribution in [1.29, 1.82) is 0 Å². The first kappa shape index (κ1) is 15.2. The van der Waals surface area contributed by atoms with Gasteiger partial charge in [-0.3, -0.25) is 0 Å². The summed E-state index contributed by atoms with van der Waals surface area (Å²) in [5, 5.41) is 5.43. The molecule has 0 saturated heterocycles. The van der Waals surface area contributed by atoms with Gasteiger partial charge in [0, 0.05) is 17.0 Å². The molecule has 0 aliphatic rings. The van der Waals surface area contributed by atoms with Gasteiger partial charge < -0.3 is 5.32 Å². The SMILES string of the molecule is CC(C)C(C)CNCc1ccc(F)c(-c2cccs2)c1. The van der Waals surface area contributed by atoms with Gasteiger partial charge in [0.25, 0.3) is 0 Å². The molecule has 1 N–H and O–H groups in total. The molecule has 108 valence electrons. The summed E-state index contributed by atoms with van der Waals surface area (Å²) in [4.78, 5) is 0.986. The summed E-state index contributed by atoms with van der Waals surface area (Å²) in [5.41, 5.74) is 1.84. The van der Waals surface area contributed by atoms with E-state index in [1.807, 2.05) is 29.6 Å². The topological polar surface area (TPSA) is 12.0 Å². The highest BCUT2D eigenvalue weighted by Gasteiger charge is 2.09. The maximum atomic E-state index is 13.9. The van der Waals surface area contributed by atoms with E-state index in [4.69, 9.17) is 0 Å². The molecule has 2 rings (SSSR count). The third kappa shape index (κ3) is 3.90. The van der Waals surface area contributed by atoms with E-state index in [0.29, 0.717) is 17.4 Å². The van der Waals surface area contributed by atoms with E-state index in [1.165, 1.54) is 0 Å². The van der Waals surface area contributed by atoms with Gasteiger partial charge in [-0.1, -0.05) is 32.9 Å². The molecule has 20 heavy (non-hydrogen) atoms. The van der Waals surface area contributed by atoms with Crippen LogP contribution in [0.25, 0.3) is 10.4 Å². The van der Waals surface area contributed by atoms with E-state index < -0.39 is 0 Å². The molecule has 1 heterocycles. The molecule has 0 fully saturated rings. The smallest absolute Gasteiger partial charge is 0.131 e. The molecule has 1 unspecified atom stereocenters. The standard InChI is InChI=1S/C17H22FNS/c1-12(2)13(3)10-19-11-14-6-7-16(18)15(9-14)17-5-4-8-20-17/h4-9,12-13,19H,10-11H2,1-3H3. The quantitative estimate of drug-likeness (QED) is 0.795. The van der Waals surface area contributed by atoms with Crippen LogP contribution in [-0.4, -0.2) is 6.54 Å². The molecule has 2 aromatic rings. The normalized spacial score (nSPS) is 12.8. The number of halogens is 1. The van der Waals surface area contributed by atoms with Crippen molar-refractivity contribution in [2.45, 2.75) is 27.3 Å². The molecule has 1 nitrogen and oxygen atoms in total. The zero-order valence-corrected chi connectivity index (χ0v) is 13.1. The van der Waals surface area contributed by atoms with Crippen molar-refractivity contribution in [2.24, 2.45) is 11.8 Å². The summed E-state index contributed by atoms with van der Waals surface area (Å²) in [6, 6.07) is 9.29. The van der Waals surface area contributed by atoms with Crippen molar-refractivity contribution in [1.82, 2.24) is 5.32 Å². The third-order valence-electron chi connectivity index (χ3n) is 3.75. The first-order valence-electron chi connectivity index (χ1n) is 7.11. The Bertz CT molecular complexity index is 534. The lowest BCUT2D eigenvalue weighted by Crippen LogP contribution is -2.23. The number of hydrogen-bond donors (Lipinski definition) is 1. The maximum absolute atomic E-state index is 13.9. The lowest BCUT2D eigenvalue weighted by Gasteiger charge is -2.16. The molecule has 3 heteroatoms. The van der Waals surface area contributed by atoms with Crippen LogP contribution in [0.15, 0.2) is 35.7 Å². The van der Waals surface area contributed by atoms with E-state index in [9.17, 15) is 4.39 Å². The summed E-state index contributed by atoms with van der Waals surface area (Å²) >= 11 is 1.57. The molecule has 0 aliphatic carbocycles. The Morgan fingerprint density at radius 2 is 2.00 bits per heavy atom. The Morgan fingerprint density at radius 3 is 2.65 bits per heavy atom. The summed E-state index contributed by atoms with van der Waals surface area (Å²) < 4.78 is 13.9. The minimum atomic E-state index is -0.147. The summed E-state index contributed by atoms with van der Waals surface area (Å²) in [5.74, 6) is 1.18. The molecular weight excluding hydrogens is 269 g/mol. The van der Waals surface area contributed by atoms with Crippen molar-refractivity contribution in [3.8, 4) is 10.4 Å². The largest absolute Gasteiger partial charge is 0.312 e. The molecule has 0 bridgehead atoms. The Hall–Kier alpha value is -1.19. The number of thiophene rings is 1. The van der Waals surface area contributed by atoms with Crippen LogP contribution in [0.5, 0.6) is 0 Å². The Balaban J connectivity index is 2.01. The molecule has 1 aromatic heterocycles. The summed E-state index contributed by atoms with van der Waals surface area (Å²) in [6.45, 7) is 8.50. The molecule has 1 aromatic carbocycles. The van der Waals surface area contributed by atoms with Crippen LogP contribution < -0.4 is 5.32 Å². The first-order valence-corrected chi connectivity index (χ1v) is 7.99. The summed E-state index contributed by atoms with van der Waals surface area (Å²) in [7, 11) is 0. The predicted octanol–water partition coefficient (Wildman–Crippen LogP) is 4.94. The second-order valence-electron chi connectivity index (χ2n) is 5.64. The van der Waals surface area contributed by atoms with Crippen LogP contribution >= 0.6 is 11.3 Å². The Morgan fingerprint density at radius 1 is 1.20 bits per heavy atom. The second-order valence-corrected chi connectivity index (χ2v) is 6.59. The maximum Gasteiger partial charge on any atom is 0.131 e. The van der Waals surface area contributed by atoms with Crippen molar-refractivity contribution in [3.63, 3.8) is 0 Å². The minimum absolute atomic E-state index is 0.147. The molecule has 0 radical (unpaired) electrons. The molecule has 1 atom stereocenters. The zero-order chi connectivity index (χ0) is 14.5. The van der Waals surface area contributed by atoms with Crippen LogP contribution in [0.2, 0.25) is 0 Å². The van der Waals surface area contributed by atoms with E-state index >= 15 is 0 Å². The highest BCUT2D eigenvalue weighted by Crippen LogP contribution is 2.28. The minimum Gasteiger partial charge on any atom is -0.312 e. The van der Waals surface area contributed by atoms with Crippen LogP contribution in [0.4, 0.5) is 4.39 Å². The number of nitrogens with one attached hydrogen (secondary N) is 1. The molecule has 0 saturated carbocycles. The van der Waals surface area contributed by atoms with Crippen LogP contribution in [0, 0.1) is 17.7 Å². The van der Waals surface area contributed by atoms with E-state index in [2.05, 4.69) is 26.1 Å². The second kappa shape index (κ2) is 7.00. The van der Waals surface area contributed by atoms with E-state index in [0.717, 1.165) is 23.5 Å². The molecule has 0 spiro atoms. The average Bonchev–Trinajstić information content (AvgIpc) is 2.94. The van der Waals surface area contributed by atoms with Crippen LogP contribution in [0.3, 0.4) is 0 Å². The van der Waals surface area contributed by atoms with E-state index in [1.54, 1.807) is 17.4 Å². The predicted molar refractivity (Wildman–Crippen MR) is 85.4 cm³/mol. The van der Waals surface area contributed by atoms with Crippen LogP contribution in [0.1, 0.15) is 26.3 Å². The van der Waals surface area contributed by atoms with Gasteiger partial charge in [0.1, 0.15) is 5.82 Å². The van der Waals surface area contributed by atoms with Crippen molar-refractivity contribution < 1.29 is 4.39 Å².